The standard InChI is InChI=1S/C67H53N.C61H51N/c1-66(2)60-25-12-23-53(46-30-33-59-57(39-46)55-20-9-10-24-58(55)67(59)47-35-41-34-42(37-47)38-48(67)36-41)64(60)65-61(66)26-13-27-62(65)68(63-40-45-15-4-6-18-52(45)54-19-7-8-21-56(54)63)49-31-28-44(29-32-49)51-22-11-16-43-14-3-5-17-50(43)51;1-60(2)56-21-12-22-57(62(48-28-23-43(24-29-48)41-13-5-3-6-14-41)49-30-25-44(26-31-49)42-15-7-4-8-16-42)58(56)52-19-11-18-50(59(52)60)45-27-32-55-53(38-45)51-17-9-10-20-54(51)61(55)46-34-39-33-40(36-46)37-47(61)35-39/h3-33,39-42,47-48H,34-38H2,1-2H3;3-32,38-40,46-47H,33-37H2,1-2H3. The molecule has 8 bridgehead atoms. The molecular formula is C128H104N2. The van der Waals surface area contributed by atoms with Gasteiger partial charge in [0.2, 0.25) is 0 Å². The van der Waals surface area contributed by atoms with Gasteiger partial charge >= 0.3 is 0 Å². The van der Waals surface area contributed by atoms with Gasteiger partial charge in [0.15, 0.2) is 0 Å². The van der Waals surface area contributed by atoms with E-state index in [0.717, 1.165) is 64.4 Å². The summed E-state index contributed by atoms with van der Waals surface area (Å²) in [6, 6.07) is 148. The summed E-state index contributed by atoms with van der Waals surface area (Å²) in [7, 11) is 0. The fraction of sp³-hybridized carbons (Fsp3) is 0.203. The highest BCUT2D eigenvalue weighted by molar-refractivity contribution is 6.16. The highest BCUT2D eigenvalue weighted by atomic mass is 15.2. The number of anilines is 6. The van der Waals surface area contributed by atoms with Crippen LogP contribution in [0.2, 0.25) is 0 Å². The predicted molar refractivity (Wildman–Crippen MR) is 544 cm³/mol. The molecule has 0 N–H and O–H groups in total. The van der Waals surface area contributed by atoms with Gasteiger partial charge < -0.3 is 9.80 Å². The Morgan fingerprint density at radius 2 is 0.562 bits per heavy atom. The van der Waals surface area contributed by atoms with Crippen molar-refractivity contribution in [3.8, 4) is 100 Å². The number of hydrogen-bond donors (Lipinski definition) is 0. The van der Waals surface area contributed by atoms with E-state index in [1.165, 1.54) is 236 Å². The largest absolute Gasteiger partial charge is 0.310 e. The maximum Gasteiger partial charge on any atom is 0.0546 e. The average Bonchev–Trinajstić information content (AvgIpc) is 1.50. The molecule has 2 heteroatoms. The second-order valence-electron chi connectivity index (χ2n) is 41.3. The van der Waals surface area contributed by atoms with Crippen LogP contribution < -0.4 is 9.80 Å². The lowest BCUT2D eigenvalue weighted by Crippen LogP contribution is -2.55. The van der Waals surface area contributed by atoms with Crippen LogP contribution in [0.5, 0.6) is 0 Å². The molecule has 0 heterocycles. The van der Waals surface area contributed by atoms with Crippen molar-refractivity contribution in [2.24, 2.45) is 47.3 Å². The van der Waals surface area contributed by atoms with Crippen LogP contribution >= 0.6 is 0 Å². The molecule has 12 aliphatic carbocycles. The van der Waals surface area contributed by atoms with E-state index < -0.39 is 0 Å². The van der Waals surface area contributed by atoms with Gasteiger partial charge in [0.25, 0.3) is 0 Å². The zero-order valence-corrected chi connectivity index (χ0v) is 74.5. The van der Waals surface area contributed by atoms with Gasteiger partial charge in [-0.05, 0) is 339 Å². The number of fused-ring (bicyclic) bond motifs is 16. The average molecular weight is 1670 g/mol. The van der Waals surface area contributed by atoms with Crippen molar-refractivity contribution in [1.29, 1.82) is 0 Å². The van der Waals surface area contributed by atoms with Crippen molar-refractivity contribution >= 4 is 66.4 Å². The van der Waals surface area contributed by atoms with E-state index in [0.29, 0.717) is 0 Å². The highest BCUT2D eigenvalue weighted by Crippen LogP contribution is 2.73. The molecule has 0 radical (unpaired) electrons. The van der Waals surface area contributed by atoms with Gasteiger partial charge in [-0.2, -0.15) is 0 Å². The molecule has 2 spiro atoms. The minimum absolute atomic E-state index is 0.157. The van der Waals surface area contributed by atoms with Gasteiger partial charge in [-0.1, -0.05) is 349 Å². The smallest absolute Gasteiger partial charge is 0.0546 e. The van der Waals surface area contributed by atoms with E-state index in [2.05, 4.69) is 426 Å². The molecule has 626 valence electrons. The zero-order valence-electron chi connectivity index (χ0n) is 74.5. The summed E-state index contributed by atoms with van der Waals surface area (Å²) in [6.45, 7) is 9.78. The molecule has 0 amide bonds. The molecular weight excluding hydrogens is 1570 g/mol. The maximum absolute atomic E-state index is 2.61. The third-order valence-electron chi connectivity index (χ3n) is 34.3. The first-order chi connectivity index (χ1) is 63.9. The Hall–Kier alpha value is -13.7. The summed E-state index contributed by atoms with van der Waals surface area (Å²) in [6.07, 6.45) is 14.2. The van der Waals surface area contributed by atoms with E-state index in [1.54, 1.807) is 22.3 Å². The molecule has 130 heavy (non-hydrogen) atoms. The predicted octanol–water partition coefficient (Wildman–Crippen LogP) is 34.2. The second kappa shape index (κ2) is 28.9. The summed E-state index contributed by atoms with van der Waals surface area (Å²) in [4.78, 5) is 5.06. The van der Waals surface area contributed by atoms with Crippen LogP contribution in [-0.4, -0.2) is 0 Å². The summed E-state index contributed by atoms with van der Waals surface area (Å²) in [5, 5.41) is 7.55. The molecule has 0 unspecified atom stereocenters. The van der Waals surface area contributed by atoms with E-state index in [-0.39, 0.29) is 21.7 Å². The second-order valence-corrected chi connectivity index (χ2v) is 41.3. The summed E-state index contributed by atoms with van der Waals surface area (Å²) in [5.41, 5.74) is 43.0. The Balaban J connectivity index is 0.000000134. The SMILES string of the molecule is CC1(C)c2cccc(-c3ccc4c(c3)-c3ccccc3C43C4CC5CC(C4)CC3C5)c2-c2c(N(c3ccc(-c4cccc5ccccc45)cc3)c3cc4ccccc4c4ccccc34)cccc21.CC1(C)c2cccc(N(c3ccc(-c4ccccc4)cc3)c3ccc(-c4ccccc4)cc3)c2-c2cccc(-c3ccc4c(c3)-c3ccccc3C43C4CC5CC(C4)CC3C5)c21. The number of hydrogen-bond acceptors (Lipinski definition) is 2. The van der Waals surface area contributed by atoms with Crippen LogP contribution in [0.3, 0.4) is 0 Å². The van der Waals surface area contributed by atoms with Gasteiger partial charge in [0.05, 0.1) is 17.1 Å². The van der Waals surface area contributed by atoms with Crippen molar-refractivity contribution in [2.45, 2.75) is 114 Å². The van der Waals surface area contributed by atoms with Crippen LogP contribution in [0, 0.1) is 47.3 Å². The molecule has 8 saturated carbocycles. The third-order valence-corrected chi connectivity index (χ3v) is 34.3. The summed E-state index contributed by atoms with van der Waals surface area (Å²) < 4.78 is 0. The maximum atomic E-state index is 2.61. The normalized spacial score (nSPS) is 22.5. The molecule has 0 saturated heterocycles. The van der Waals surface area contributed by atoms with Crippen LogP contribution in [-0.2, 0) is 21.7 Å². The quantitative estimate of drug-likeness (QED) is 0.119. The van der Waals surface area contributed by atoms with Crippen LogP contribution in [0.4, 0.5) is 34.1 Å². The van der Waals surface area contributed by atoms with Gasteiger partial charge in [0.1, 0.15) is 0 Å². The monoisotopic (exact) mass is 1670 g/mol. The third kappa shape index (κ3) is 11.1. The van der Waals surface area contributed by atoms with Crippen LogP contribution in [0.15, 0.2) is 388 Å². The first-order valence-electron chi connectivity index (χ1n) is 48.4. The molecule has 30 rings (SSSR count). The molecule has 18 aromatic rings. The summed E-state index contributed by atoms with van der Waals surface area (Å²) >= 11 is 0. The molecule has 12 aliphatic rings. The lowest BCUT2D eigenvalue weighted by molar-refractivity contribution is -0.0399. The van der Waals surface area contributed by atoms with Crippen molar-refractivity contribution < 1.29 is 0 Å². The topological polar surface area (TPSA) is 6.48 Å². The lowest BCUT2D eigenvalue weighted by atomic mass is 9.43. The number of rotatable bonds is 11. The molecule has 0 aliphatic heterocycles. The minimum Gasteiger partial charge on any atom is -0.310 e. The fourth-order valence-electron chi connectivity index (χ4n) is 29.4. The van der Waals surface area contributed by atoms with Gasteiger partial charge in [-0.25, -0.2) is 0 Å². The zero-order chi connectivity index (χ0) is 86.0. The van der Waals surface area contributed by atoms with Crippen LogP contribution in [0.25, 0.3) is 132 Å². The Morgan fingerprint density at radius 1 is 0.200 bits per heavy atom. The van der Waals surface area contributed by atoms with Gasteiger partial charge in [-0.3, -0.25) is 0 Å². The van der Waals surface area contributed by atoms with Crippen molar-refractivity contribution in [3.05, 3.63) is 433 Å². The van der Waals surface area contributed by atoms with Gasteiger partial charge in [0, 0.05) is 55.2 Å². The first-order valence-corrected chi connectivity index (χ1v) is 48.4. The Labute approximate surface area is 764 Å². The number of nitrogens with zero attached hydrogens (tertiary/aromatic N) is 2. The van der Waals surface area contributed by atoms with Crippen molar-refractivity contribution in [3.63, 3.8) is 0 Å². The van der Waals surface area contributed by atoms with E-state index in [4.69, 9.17) is 0 Å². The fourth-order valence-corrected chi connectivity index (χ4v) is 29.4. The molecule has 0 aromatic heterocycles. The van der Waals surface area contributed by atoms with Gasteiger partial charge in [-0.15, -0.1) is 0 Å². The van der Waals surface area contributed by atoms with E-state index >= 15 is 0 Å². The molecule has 18 aromatic carbocycles. The Kier molecular flexibility index (Phi) is 17.0. The Bertz CT molecular complexity index is 7530. The Morgan fingerprint density at radius 3 is 1.12 bits per heavy atom. The lowest BCUT2D eigenvalue weighted by Gasteiger charge is -2.61. The number of benzene rings is 18. The van der Waals surface area contributed by atoms with Crippen molar-refractivity contribution in [1.82, 2.24) is 0 Å². The van der Waals surface area contributed by atoms with E-state index in [1.807, 2.05) is 0 Å². The van der Waals surface area contributed by atoms with E-state index in [9.17, 15) is 0 Å². The highest BCUT2D eigenvalue weighted by Gasteiger charge is 2.63. The molecule has 8 fully saturated rings. The molecule has 0 atom stereocenters. The van der Waals surface area contributed by atoms with Crippen LogP contribution in [0.1, 0.15) is 136 Å². The minimum atomic E-state index is -0.211. The summed E-state index contributed by atoms with van der Waals surface area (Å²) in [5.74, 6) is 6.78. The first kappa shape index (κ1) is 76.4. The molecule has 2 nitrogen and oxygen atoms in total. The van der Waals surface area contributed by atoms with Crippen molar-refractivity contribution in [2.75, 3.05) is 9.80 Å².